The lowest BCUT2D eigenvalue weighted by Crippen LogP contribution is -2.21. The molecule has 96 valence electrons. The van der Waals surface area contributed by atoms with E-state index in [2.05, 4.69) is 10.3 Å². The fourth-order valence-corrected chi connectivity index (χ4v) is 3.39. The van der Waals surface area contributed by atoms with Gasteiger partial charge in [0.2, 0.25) is 0 Å². The highest BCUT2D eigenvalue weighted by Crippen LogP contribution is 2.41. The molecule has 0 spiro atoms. The zero-order valence-electron chi connectivity index (χ0n) is 9.73. The fraction of sp³-hybridized carbons (Fsp3) is 0.462. The van der Waals surface area contributed by atoms with E-state index in [1.54, 1.807) is 6.07 Å². The van der Waals surface area contributed by atoms with E-state index in [-0.39, 0.29) is 12.4 Å². The van der Waals surface area contributed by atoms with E-state index in [0.717, 1.165) is 16.9 Å². The summed E-state index contributed by atoms with van der Waals surface area (Å²) in [6.45, 7) is 0. The summed E-state index contributed by atoms with van der Waals surface area (Å²) >= 11 is 5.89. The predicted octanol–water partition coefficient (Wildman–Crippen LogP) is 3.51. The van der Waals surface area contributed by atoms with Gasteiger partial charge in [-0.05, 0) is 31.4 Å². The number of pyridine rings is 1. The fourth-order valence-electron chi connectivity index (χ4n) is 3.24. The highest BCUT2D eigenvalue weighted by molar-refractivity contribution is 6.29. The molecule has 2 bridgehead atoms. The molecule has 3 atom stereocenters. The van der Waals surface area contributed by atoms with Crippen molar-refractivity contribution in [3.05, 3.63) is 29.1 Å². The van der Waals surface area contributed by atoms with Crippen molar-refractivity contribution in [1.29, 1.82) is 0 Å². The third kappa shape index (κ3) is 1.81. The Labute approximate surface area is 116 Å². The van der Waals surface area contributed by atoms with Crippen LogP contribution in [0.2, 0.25) is 5.15 Å². The Kier molecular flexibility index (Phi) is 3.00. The number of hydrogen-bond acceptors (Lipinski definition) is 3. The average molecular weight is 285 g/mol. The van der Waals surface area contributed by atoms with Crippen LogP contribution in [0, 0.1) is 0 Å². The van der Waals surface area contributed by atoms with E-state index < -0.39 is 0 Å². The summed E-state index contributed by atoms with van der Waals surface area (Å²) in [4.78, 5) is 4.28. The van der Waals surface area contributed by atoms with Gasteiger partial charge in [0.1, 0.15) is 16.4 Å². The number of furan rings is 1. The second-order valence-electron chi connectivity index (χ2n) is 5.06. The van der Waals surface area contributed by atoms with Crippen LogP contribution in [0.25, 0.3) is 11.1 Å². The van der Waals surface area contributed by atoms with Crippen LogP contribution in [0.4, 0.5) is 0 Å². The largest absolute Gasteiger partial charge is 0.459 e. The summed E-state index contributed by atoms with van der Waals surface area (Å²) < 4.78 is 5.90. The van der Waals surface area contributed by atoms with Crippen LogP contribution in [0.3, 0.4) is 0 Å². The molecule has 5 heteroatoms. The number of hydrogen-bond donors (Lipinski definition) is 1. The van der Waals surface area contributed by atoms with Gasteiger partial charge < -0.3 is 9.73 Å². The Morgan fingerprint density at radius 3 is 2.94 bits per heavy atom. The molecule has 2 saturated heterocycles. The Morgan fingerprint density at radius 1 is 1.33 bits per heavy atom. The molecule has 4 rings (SSSR count). The van der Waals surface area contributed by atoms with Gasteiger partial charge in [-0.1, -0.05) is 11.6 Å². The number of fused-ring (bicyclic) bond motifs is 3. The predicted molar refractivity (Wildman–Crippen MR) is 73.6 cm³/mol. The van der Waals surface area contributed by atoms with Crippen LogP contribution < -0.4 is 5.32 Å². The number of halogens is 2. The number of nitrogens with zero attached hydrogens (tertiary/aromatic N) is 1. The second-order valence-corrected chi connectivity index (χ2v) is 5.44. The summed E-state index contributed by atoms with van der Waals surface area (Å²) in [7, 11) is 0. The lowest BCUT2D eigenvalue weighted by Gasteiger charge is -2.17. The number of rotatable bonds is 1. The number of aromatic nitrogens is 1. The van der Waals surface area contributed by atoms with Crippen LogP contribution in [-0.2, 0) is 0 Å². The van der Waals surface area contributed by atoms with Gasteiger partial charge in [-0.25, -0.2) is 4.98 Å². The third-order valence-electron chi connectivity index (χ3n) is 4.02. The van der Waals surface area contributed by atoms with Crippen molar-refractivity contribution in [2.75, 3.05) is 0 Å². The van der Waals surface area contributed by atoms with Gasteiger partial charge in [-0.2, -0.15) is 0 Å². The molecule has 0 amide bonds. The molecule has 0 saturated carbocycles. The van der Waals surface area contributed by atoms with Crippen LogP contribution in [0.5, 0.6) is 0 Å². The van der Waals surface area contributed by atoms with Crippen molar-refractivity contribution in [1.82, 2.24) is 10.3 Å². The summed E-state index contributed by atoms with van der Waals surface area (Å²) in [6.07, 6.45) is 3.77. The van der Waals surface area contributed by atoms with Gasteiger partial charge in [0, 0.05) is 24.1 Å². The SMILES string of the molecule is Cl.Clc1ccc2oc(C3CC4CCC3N4)cc2n1. The molecular weight excluding hydrogens is 271 g/mol. The first kappa shape index (κ1) is 12.3. The summed E-state index contributed by atoms with van der Waals surface area (Å²) in [5.74, 6) is 1.58. The van der Waals surface area contributed by atoms with Crippen molar-refractivity contribution >= 4 is 35.1 Å². The Hall–Kier alpha value is -0.770. The Bertz CT molecular complexity index is 583. The topological polar surface area (TPSA) is 38.1 Å². The summed E-state index contributed by atoms with van der Waals surface area (Å²) in [5.41, 5.74) is 1.71. The van der Waals surface area contributed by atoms with Crippen LogP contribution in [0.15, 0.2) is 22.6 Å². The van der Waals surface area contributed by atoms with Gasteiger partial charge in [-0.15, -0.1) is 12.4 Å². The van der Waals surface area contributed by atoms with Crippen molar-refractivity contribution in [2.45, 2.75) is 37.3 Å². The van der Waals surface area contributed by atoms with E-state index >= 15 is 0 Å². The first-order valence-corrected chi connectivity index (χ1v) is 6.49. The average Bonchev–Trinajstić information content (AvgIpc) is 3.01. The third-order valence-corrected chi connectivity index (χ3v) is 4.23. The maximum Gasteiger partial charge on any atom is 0.152 e. The van der Waals surface area contributed by atoms with Crippen molar-refractivity contribution in [3.63, 3.8) is 0 Å². The minimum atomic E-state index is 0. The number of nitrogens with one attached hydrogen (secondary N) is 1. The van der Waals surface area contributed by atoms with Gasteiger partial charge >= 0.3 is 0 Å². The first-order chi connectivity index (χ1) is 8.29. The highest BCUT2D eigenvalue weighted by atomic mass is 35.5. The smallest absolute Gasteiger partial charge is 0.152 e. The highest BCUT2D eigenvalue weighted by Gasteiger charge is 2.41. The maximum atomic E-state index is 5.90. The molecule has 2 fully saturated rings. The zero-order chi connectivity index (χ0) is 11.4. The Morgan fingerprint density at radius 2 is 2.22 bits per heavy atom. The molecule has 4 heterocycles. The second kappa shape index (κ2) is 4.41. The van der Waals surface area contributed by atoms with Crippen molar-refractivity contribution in [3.8, 4) is 0 Å². The first-order valence-electron chi connectivity index (χ1n) is 6.11. The van der Waals surface area contributed by atoms with Crippen molar-refractivity contribution in [2.24, 2.45) is 0 Å². The summed E-state index contributed by atoms with van der Waals surface area (Å²) in [6, 6.07) is 7.00. The van der Waals surface area contributed by atoms with Crippen molar-refractivity contribution < 1.29 is 4.42 Å². The standard InChI is InChI=1S/C13H13ClN2O.ClH/c14-13-4-3-11-10(16-13)6-12(17-11)8-5-7-1-2-9(8)15-7;/h3-4,6-9,15H,1-2,5H2;1H. The molecule has 0 radical (unpaired) electrons. The lowest BCUT2D eigenvalue weighted by atomic mass is 9.87. The minimum Gasteiger partial charge on any atom is -0.459 e. The molecule has 1 N–H and O–H groups in total. The molecular formula is C13H14Cl2N2O. The van der Waals surface area contributed by atoms with E-state index in [4.69, 9.17) is 16.0 Å². The molecule has 2 aliphatic heterocycles. The molecule has 2 aliphatic rings. The van der Waals surface area contributed by atoms with Crippen LogP contribution in [0.1, 0.15) is 30.9 Å². The molecule has 0 aliphatic carbocycles. The van der Waals surface area contributed by atoms with Gasteiger partial charge in [0.05, 0.1) is 0 Å². The van der Waals surface area contributed by atoms with Gasteiger partial charge in [0.15, 0.2) is 5.58 Å². The van der Waals surface area contributed by atoms with Gasteiger partial charge in [-0.3, -0.25) is 0 Å². The normalized spacial score (nSPS) is 29.7. The van der Waals surface area contributed by atoms with E-state index in [0.29, 0.717) is 23.2 Å². The minimum absolute atomic E-state index is 0. The molecule has 18 heavy (non-hydrogen) atoms. The molecule has 3 nitrogen and oxygen atoms in total. The van der Waals surface area contributed by atoms with E-state index in [9.17, 15) is 0 Å². The quantitative estimate of drug-likeness (QED) is 0.815. The summed E-state index contributed by atoms with van der Waals surface area (Å²) in [5, 5.41) is 4.15. The Balaban J connectivity index is 0.000001000. The van der Waals surface area contributed by atoms with Gasteiger partial charge in [0.25, 0.3) is 0 Å². The molecule has 2 aromatic heterocycles. The lowest BCUT2D eigenvalue weighted by molar-refractivity contribution is 0.422. The molecule has 3 unspecified atom stereocenters. The van der Waals surface area contributed by atoms with Crippen LogP contribution in [-0.4, -0.2) is 17.1 Å². The van der Waals surface area contributed by atoms with Crippen LogP contribution >= 0.6 is 24.0 Å². The molecule has 0 aromatic carbocycles. The zero-order valence-corrected chi connectivity index (χ0v) is 11.3. The van der Waals surface area contributed by atoms with E-state index in [1.807, 2.05) is 12.1 Å². The maximum absolute atomic E-state index is 5.90. The molecule has 2 aromatic rings. The monoisotopic (exact) mass is 284 g/mol. The van der Waals surface area contributed by atoms with E-state index in [1.165, 1.54) is 19.3 Å².